The average molecular weight is 171 g/mol. The minimum atomic E-state index is 0.885. The largest absolute Gasteiger partial charge is 0.253 e. The molecule has 1 nitrogen and oxygen atoms in total. The van der Waals surface area contributed by atoms with Gasteiger partial charge in [0.15, 0.2) is 0 Å². The maximum absolute atomic E-state index is 4.39. The molecule has 0 spiro atoms. The van der Waals surface area contributed by atoms with Gasteiger partial charge in [-0.05, 0) is 30.1 Å². The van der Waals surface area contributed by atoms with Crippen LogP contribution in [-0.4, -0.2) is 17.4 Å². The molecule has 0 N–H and O–H groups in total. The first-order valence-electron chi connectivity index (χ1n) is 4.62. The quantitative estimate of drug-likeness (QED) is 0.591. The highest BCUT2D eigenvalue weighted by Gasteiger charge is 2.46. The normalized spacial score (nSPS) is 44.2. The summed E-state index contributed by atoms with van der Waals surface area (Å²) in [5, 5.41) is 0. The zero-order valence-electron chi connectivity index (χ0n) is 7.33. The van der Waals surface area contributed by atoms with Gasteiger partial charge in [-0.15, -0.1) is 0 Å². The summed E-state index contributed by atoms with van der Waals surface area (Å²) in [5.74, 6) is 3.85. The zero-order chi connectivity index (χ0) is 8.01. The van der Waals surface area contributed by atoms with Crippen LogP contribution < -0.4 is 0 Å². The molecule has 11 heavy (non-hydrogen) atoms. The monoisotopic (exact) mass is 171 g/mol. The summed E-state index contributed by atoms with van der Waals surface area (Å²) in [6.07, 6.45) is 1.46. The lowest BCUT2D eigenvalue weighted by Crippen LogP contribution is -2.38. The minimum absolute atomic E-state index is 0.885. The summed E-state index contributed by atoms with van der Waals surface area (Å²) >= 11 is 4.39. The van der Waals surface area contributed by atoms with Crippen LogP contribution in [0.15, 0.2) is 0 Å². The number of nitrogens with zero attached hydrogens (tertiary/aromatic N) is 1. The van der Waals surface area contributed by atoms with Crippen molar-refractivity contribution in [3.8, 4) is 0 Å². The Kier molecular flexibility index (Phi) is 1.92. The highest BCUT2D eigenvalue weighted by Crippen LogP contribution is 2.49. The third-order valence-electron chi connectivity index (χ3n) is 3.45. The number of hydrogen-bond donors (Lipinski definition) is 1. The Hall–Kier alpha value is 0.310. The van der Waals surface area contributed by atoms with Crippen LogP contribution in [0.4, 0.5) is 0 Å². The Morgan fingerprint density at radius 2 is 2.09 bits per heavy atom. The molecule has 64 valence electrons. The van der Waals surface area contributed by atoms with Gasteiger partial charge in [-0.1, -0.05) is 26.7 Å². The molecule has 0 aromatic heterocycles. The van der Waals surface area contributed by atoms with Gasteiger partial charge in [0.05, 0.1) is 0 Å². The molecule has 2 fully saturated rings. The van der Waals surface area contributed by atoms with E-state index >= 15 is 0 Å². The van der Waals surface area contributed by atoms with Gasteiger partial charge in [0, 0.05) is 13.1 Å². The molecule has 2 heteroatoms. The van der Waals surface area contributed by atoms with Crippen molar-refractivity contribution in [1.29, 1.82) is 0 Å². The molecule has 0 bridgehead atoms. The summed E-state index contributed by atoms with van der Waals surface area (Å²) in [4.78, 5) is 0. The van der Waals surface area contributed by atoms with Gasteiger partial charge >= 0.3 is 0 Å². The van der Waals surface area contributed by atoms with Gasteiger partial charge in [-0.3, -0.25) is 4.31 Å². The summed E-state index contributed by atoms with van der Waals surface area (Å²) in [6.45, 7) is 7.16. The van der Waals surface area contributed by atoms with Crippen LogP contribution in [0.2, 0.25) is 0 Å². The van der Waals surface area contributed by atoms with Gasteiger partial charge in [-0.25, -0.2) is 0 Å². The van der Waals surface area contributed by atoms with Crippen LogP contribution >= 0.6 is 12.8 Å². The Bertz CT molecular complexity index is 158. The molecule has 1 saturated carbocycles. The second kappa shape index (κ2) is 2.67. The van der Waals surface area contributed by atoms with Crippen LogP contribution in [0.3, 0.4) is 0 Å². The average Bonchev–Trinajstić information content (AvgIpc) is 2.13. The highest BCUT2D eigenvalue weighted by atomic mass is 32.1. The third-order valence-corrected chi connectivity index (χ3v) is 3.78. The fourth-order valence-corrected chi connectivity index (χ4v) is 3.10. The second-order valence-electron chi connectivity index (χ2n) is 4.44. The number of hydrogen-bond acceptors (Lipinski definition) is 2. The molecular formula is C9H17NS. The first-order chi connectivity index (χ1) is 5.18. The van der Waals surface area contributed by atoms with E-state index in [1.54, 1.807) is 0 Å². The standard InChI is InChI=1S/C9H17NS/c1-6(2)8-3-7-4-10(11)5-9(7)8/h6-9,11H,3-5H2,1-2H3. The molecule has 1 heterocycles. The highest BCUT2D eigenvalue weighted by molar-refractivity contribution is 7.77. The van der Waals surface area contributed by atoms with Crippen molar-refractivity contribution in [3.05, 3.63) is 0 Å². The Morgan fingerprint density at radius 3 is 2.64 bits per heavy atom. The van der Waals surface area contributed by atoms with E-state index in [-0.39, 0.29) is 0 Å². The first-order valence-corrected chi connectivity index (χ1v) is 5.02. The molecule has 1 aliphatic carbocycles. The van der Waals surface area contributed by atoms with Gasteiger partial charge in [0.1, 0.15) is 0 Å². The van der Waals surface area contributed by atoms with Crippen molar-refractivity contribution in [2.45, 2.75) is 20.3 Å². The third kappa shape index (κ3) is 1.20. The minimum Gasteiger partial charge on any atom is -0.253 e. The van der Waals surface area contributed by atoms with Crippen molar-refractivity contribution >= 4 is 12.8 Å². The molecule has 0 amide bonds. The predicted octanol–water partition coefficient (Wildman–Crippen LogP) is 2.06. The lowest BCUT2D eigenvalue weighted by Gasteiger charge is -2.42. The molecule has 0 aromatic rings. The fourth-order valence-electron chi connectivity index (χ4n) is 2.70. The van der Waals surface area contributed by atoms with Crippen LogP contribution in [0.1, 0.15) is 20.3 Å². The molecule has 3 atom stereocenters. The van der Waals surface area contributed by atoms with Gasteiger partial charge in [0.2, 0.25) is 0 Å². The molecule has 0 radical (unpaired) electrons. The summed E-state index contributed by atoms with van der Waals surface area (Å²) in [7, 11) is 0. The predicted molar refractivity (Wildman–Crippen MR) is 50.5 cm³/mol. The lowest BCUT2D eigenvalue weighted by atomic mass is 9.62. The fraction of sp³-hybridized carbons (Fsp3) is 1.00. The number of thiol groups is 1. The van der Waals surface area contributed by atoms with Crippen LogP contribution in [0.5, 0.6) is 0 Å². The van der Waals surface area contributed by atoms with Crippen LogP contribution in [0.25, 0.3) is 0 Å². The van der Waals surface area contributed by atoms with Crippen molar-refractivity contribution in [2.75, 3.05) is 13.1 Å². The van der Waals surface area contributed by atoms with Gasteiger partial charge in [-0.2, -0.15) is 0 Å². The van der Waals surface area contributed by atoms with Crippen molar-refractivity contribution in [2.24, 2.45) is 23.7 Å². The van der Waals surface area contributed by atoms with E-state index in [1.807, 2.05) is 0 Å². The SMILES string of the molecule is CC(C)C1CC2CN(S)CC21. The van der Waals surface area contributed by atoms with Crippen molar-refractivity contribution in [3.63, 3.8) is 0 Å². The van der Waals surface area contributed by atoms with Gasteiger partial charge in [0.25, 0.3) is 0 Å². The van der Waals surface area contributed by atoms with E-state index in [4.69, 9.17) is 0 Å². The van der Waals surface area contributed by atoms with Crippen LogP contribution in [-0.2, 0) is 0 Å². The Labute approximate surface area is 74.7 Å². The van der Waals surface area contributed by atoms with E-state index in [2.05, 4.69) is 31.0 Å². The Balaban J connectivity index is 1.94. The summed E-state index contributed by atoms with van der Waals surface area (Å²) in [5.41, 5.74) is 0. The van der Waals surface area contributed by atoms with E-state index < -0.39 is 0 Å². The number of rotatable bonds is 1. The zero-order valence-corrected chi connectivity index (χ0v) is 8.22. The Morgan fingerprint density at radius 1 is 1.36 bits per heavy atom. The maximum atomic E-state index is 4.39. The molecular weight excluding hydrogens is 154 g/mol. The lowest BCUT2D eigenvalue weighted by molar-refractivity contribution is 0.0776. The van der Waals surface area contributed by atoms with E-state index in [0.717, 1.165) is 23.7 Å². The second-order valence-corrected chi connectivity index (χ2v) is 5.00. The topological polar surface area (TPSA) is 3.24 Å². The molecule has 2 rings (SSSR count). The molecule has 2 aliphatic rings. The van der Waals surface area contributed by atoms with E-state index in [9.17, 15) is 0 Å². The van der Waals surface area contributed by atoms with Crippen LogP contribution in [0, 0.1) is 23.7 Å². The number of fused-ring (bicyclic) bond motifs is 1. The smallest absolute Gasteiger partial charge is 0.0121 e. The van der Waals surface area contributed by atoms with E-state index in [0.29, 0.717) is 0 Å². The molecule has 1 saturated heterocycles. The van der Waals surface area contributed by atoms with Crippen molar-refractivity contribution < 1.29 is 0 Å². The summed E-state index contributed by atoms with van der Waals surface area (Å²) < 4.78 is 2.19. The maximum Gasteiger partial charge on any atom is 0.0121 e. The van der Waals surface area contributed by atoms with Crippen molar-refractivity contribution in [1.82, 2.24) is 4.31 Å². The first kappa shape index (κ1) is 7.93. The van der Waals surface area contributed by atoms with E-state index in [1.165, 1.54) is 19.5 Å². The molecule has 0 aromatic carbocycles. The molecule has 1 aliphatic heterocycles. The van der Waals surface area contributed by atoms with Gasteiger partial charge < -0.3 is 0 Å². The summed E-state index contributed by atoms with van der Waals surface area (Å²) in [6, 6.07) is 0. The molecule has 3 unspecified atom stereocenters.